The van der Waals surface area contributed by atoms with Crippen molar-refractivity contribution < 1.29 is 14.4 Å². The Bertz CT molecular complexity index is 1160. The average molecular weight is 464 g/mol. The van der Waals surface area contributed by atoms with Gasteiger partial charge < -0.3 is 15.1 Å². The normalized spacial score (nSPS) is 29.2. The van der Waals surface area contributed by atoms with E-state index in [1.165, 1.54) is 0 Å². The molecule has 0 radical (unpaired) electrons. The van der Waals surface area contributed by atoms with Crippen molar-refractivity contribution in [3.63, 3.8) is 0 Å². The summed E-state index contributed by atoms with van der Waals surface area (Å²) in [6.45, 7) is 4.22. The van der Waals surface area contributed by atoms with E-state index in [9.17, 15) is 14.4 Å². The molecule has 4 aliphatic heterocycles. The highest BCUT2D eigenvalue weighted by Gasteiger charge is 2.67. The molecule has 10 heteroatoms. The summed E-state index contributed by atoms with van der Waals surface area (Å²) < 4.78 is 0. The van der Waals surface area contributed by atoms with E-state index in [1.54, 1.807) is 16.7 Å². The number of hydrogen-bond donors (Lipinski definition) is 2. The lowest BCUT2D eigenvalue weighted by atomic mass is 9.78. The smallest absolute Gasteiger partial charge is 0.276 e. The molecule has 0 aliphatic carbocycles. The van der Waals surface area contributed by atoms with Crippen molar-refractivity contribution in [3.05, 3.63) is 41.2 Å². The molecule has 178 valence electrons. The fourth-order valence-corrected chi connectivity index (χ4v) is 6.56. The van der Waals surface area contributed by atoms with Gasteiger partial charge in [0.25, 0.3) is 11.8 Å². The molecule has 0 unspecified atom stereocenters. The summed E-state index contributed by atoms with van der Waals surface area (Å²) in [4.78, 5) is 46.9. The van der Waals surface area contributed by atoms with E-state index in [0.29, 0.717) is 44.7 Å². The van der Waals surface area contributed by atoms with Crippen molar-refractivity contribution in [2.75, 3.05) is 37.6 Å². The van der Waals surface area contributed by atoms with Gasteiger partial charge in [0.1, 0.15) is 5.54 Å². The van der Waals surface area contributed by atoms with E-state index in [-0.39, 0.29) is 29.5 Å². The van der Waals surface area contributed by atoms with Crippen molar-refractivity contribution in [2.45, 2.75) is 44.2 Å². The van der Waals surface area contributed by atoms with Crippen LogP contribution >= 0.6 is 0 Å². The van der Waals surface area contributed by atoms with E-state index < -0.39 is 11.5 Å². The Morgan fingerprint density at radius 3 is 2.76 bits per heavy atom. The van der Waals surface area contributed by atoms with Crippen LogP contribution in [-0.2, 0) is 15.1 Å². The number of aryl methyl sites for hydroxylation is 1. The van der Waals surface area contributed by atoms with Gasteiger partial charge in [-0.3, -0.25) is 19.3 Å². The molecule has 10 nitrogen and oxygen atoms in total. The second kappa shape index (κ2) is 7.90. The lowest BCUT2D eigenvalue weighted by Crippen LogP contribution is -2.57. The molecule has 6 rings (SSSR count). The predicted molar refractivity (Wildman–Crippen MR) is 123 cm³/mol. The number of para-hydroxylation sites is 1. The standard InChI is InChI=1S/C24H29N7O3/c1-15-20(27-28-26-15)22(33)29-10-5-9-25-21(32)18-14-16-6-4-11-31(16)24(18)17-7-2-3-8-19(17)30(13-12-29)23(24)34/h2-3,7-8,16,18H,4-6,9-14H2,1H3,(H,25,32)(H,26,27,28)/t16-,18-,24+/m0/s1. The highest BCUT2D eigenvalue weighted by atomic mass is 16.2. The Kier molecular flexibility index (Phi) is 4.94. The molecule has 2 bridgehead atoms. The maximum Gasteiger partial charge on any atom is 0.276 e. The zero-order valence-electron chi connectivity index (χ0n) is 19.3. The first-order chi connectivity index (χ1) is 16.5. The molecule has 2 aromatic rings. The maximum absolute atomic E-state index is 14.3. The molecule has 2 N–H and O–H groups in total. The van der Waals surface area contributed by atoms with Crippen molar-refractivity contribution in [2.24, 2.45) is 5.92 Å². The average Bonchev–Trinajstić information content (AvgIpc) is 3.58. The van der Waals surface area contributed by atoms with Crippen LogP contribution in [0, 0.1) is 12.8 Å². The minimum Gasteiger partial charge on any atom is -0.356 e. The number of nitrogens with zero attached hydrogens (tertiary/aromatic N) is 5. The SMILES string of the molecule is Cc1n[nH]nc1C(=O)N1CCCNC(=O)[C@@H]2C[C@@H]3CCCN3[C@@]23C(=O)N(CC1)c1ccccc13. The van der Waals surface area contributed by atoms with Gasteiger partial charge in [0.05, 0.1) is 11.6 Å². The van der Waals surface area contributed by atoms with Crippen LogP contribution in [0.4, 0.5) is 5.69 Å². The molecular weight excluding hydrogens is 434 g/mol. The minimum absolute atomic E-state index is 0.0381. The molecule has 34 heavy (non-hydrogen) atoms. The first kappa shape index (κ1) is 21.3. The number of rotatable bonds is 1. The number of aromatic nitrogens is 3. The number of carbonyl (C=O) groups excluding carboxylic acids is 3. The largest absolute Gasteiger partial charge is 0.356 e. The molecule has 3 atom stereocenters. The van der Waals surface area contributed by atoms with Gasteiger partial charge >= 0.3 is 0 Å². The van der Waals surface area contributed by atoms with Crippen LogP contribution in [0.1, 0.15) is 47.4 Å². The van der Waals surface area contributed by atoms with Crippen LogP contribution in [0.5, 0.6) is 0 Å². The third-order valence-corrected chi connectivity index (χ3v) is 8.04. The third-order valence-electron chi connectivity index (χ3n) is 8.04. The second-order valence-electron chi connectivity index (χ2n) is 9.71. The molecule has 1 aromatic heterocycles. The van der Waals surface area contributed by atoms with Gasteiger partial charge in [-0.25, -0.2) is 0 Å². The van der Waals surface area contributed by atoms with Crippen molar-refractivity contribution in [3.8, 4) is 0 Å². The van der Waals surface area contributed by atoms with Gasteiger partial charge in [0, 0.05) is 43.5 Å². The van der Waals surface area contributed by atoms with E-state index in [1.807, 2.05) is 24.3 Å². The topological polar surface area (TPSA) is 115 Å². The number of amides is 3. The number of hydrogen-bond acceptors (Lipinski definition) is 6. The van der Waals surface area contributed by atoms with Crippen molar-refractivity contribution in [1.82, 2.24) is 30.5 Å². The van der Waals surface area contributed by atoms with Crippen molar-refractivity contribution >= 4 is 23.4 Å². The number of aromatic amines is 1. The molecule has 5 heterocycles. The highest BCUT2D eigenvalue weighted by Crippen LogP contribution is 2.56. The summed E-state index contributed by atoms with van der Waals surface area (Å²) in [6, 6.07) is 8.11. The Morgan fingerprint density at radius 1 is 1.09 bits per heavy atom. The molecule has 1 spiro atoms. The van der Waals surface area contributed by atoms with Crippen LogP contribution in [0.3, 0.4) is 0 Å². The minimum atomic E-state index is -0.960. The van der Waals surface area contributed by atoms with Gasteiger partial charge in [-0.15, -0.1) is 0 Å². The summed E-state index contributed by atoms with van der Waals surface area (Å²) in [5.74, 6) is -0.733. The zero-order chi connectivity index (χ0) is 23.4. The quantitative estimate of drug-likeness (QED) is 0.647. The highest BCUT2D eigenvalue weighted by molar-refractivity contribution is 6.11. The maximum atomic E-state index is 14.3. The number of fused-ring (bicyclic) bond motifs is 4. The van der Waals surface area contributed by atoms with Crippen LogP contribution in [-0.4, -0.2) is 81.7 Å². The lowest BCUT2D eigenvalue weighted by Gasteiger charge is -2.37. The Hall–Kier alpha value is -3.27. The van der Waals surface area contributed by atoms with Gasteiger partial charge in [-0.1, -0.05) is 18.2 Å². The van der Waals surface area contributed by atoms with E-state index in [2.05, 4.69) is 25.6 Å². The van der Waals surface area contributed by atoms with Crippen molar-refractivity contribution in [1.29, 1.82) is 0 Å². The zero-order valence-corrected chi connectivity index (χ0v) is 19.3. The molecule has 3 amide bonds. The first-order valence-corrected chi connectivity index (χ1v) is 12.2. The van der Waals surface area contributed by atoms with E-state index in [0.717, 1.165) is 30.6 Å². The van der Waals surface area contributed by atoms with Crippen LogP contribution in [0.15, 0.2) is 24.3 Å². The lowest BCUT2D eigenvalue weighted by molar-refractivity contribution is -0.139. The Labute approximate surface area is 197 Å². The predicted octanol–water partition coefficient (Wildman–Crippen LogP) is 0.802. The fraction of sp³-hybridized carbons (Fsp3) is 0.542. The first-order valence-electron chi connectivity index (χ1n) is 12.2. The number of benzene rings is 1. The van der Waals surface area contributed by atoms with Gasteiger partial charge in [0.15, 0.2) is 5.69 Å². The molecule has 3 fully saturated rings. The summed E-state index contributed by atoms with van der Waals surface area (Å²) >= 11 is 0. The van der Waals surface area contributed by atoms with Gasteiger partial charge in [-0.2, -0.15) is 15.4 Å². The summed E-state index contributed by atoms with van der Waals surface area (Å²) in [5, 5.41) is 13.6. The molecule has 4 aliphatic rings. The number of carbonyl (C=O) groups is 3. The Morgan fingerprint density at radius 2 is 1.94 bits per heavy atom. The number of H-pyrrole nitrogens is 1. The molecule has 3 saturated heterocycles. The molecule has 1 aromatic carbocycles. The van der Waals surface area contributed by atoms with E-state index in [4.69, 9.17) is 0 Å². The Balaban J connectivity index is 1.41. The fourth-order valence-electron chi connectivity index (χ4n) is 6.56. The summed E-state index contributed by atoms with van der Waals surface area (Å²) in [7, 11) is 0. The van der Waals surface area contributed by atoms with E-state index >= 15 is 0 Å². The second-order valence-corrected chi connectivity index (χ2v) is 9.71. The van der Waals surface area contributed by atoms with Gasteiger partial charge in [-0.05, 0) is 45.2 Å². The monoisotopic (exact) mass is 463 g/mol. The molecule has 0 saturated carbocycles. The number of anilines is 1. The third kappa shape index (κ3) is 2.87. The number of nitrogens with one attached hydrogen (secondary N) is 2. The summed E-state index contributed by atoms with van der Waals surface area (Å²) in [5.41, 5.74) is 1.64. The summed E-state index contributed by atoms with van der Waals surface area (Å²) in [6.07, 6.45) is 3.38. The molecular formula is C24H29N7O3. The van der Waals surface area contributed by atoms with Gasteiger partial charge in [0.2, 0.25) is 5.91 Å². The van der Waals surface area contributed by atoms with Crippen LogP contribution in [0.25, 0.3) is 0 Å². The van der Waals surface area contributed by atoms with Crippen LogP contribution in [0.2, 0.25) is 0 Å². The van der Waals surface area contributed by atoms with Crippen LogP contribution < -0.4 is 10.2 Å².